The molecule has 2 rings (SSSR count). The molecule has 2 aromatic carbocycles. The predicted molar refractivity (Wildman–Crippen MR) is 90.5 cm³/mol. The maximum absolute atomic E-state index is 10.4. The Balaban J connectivity index is 2.11. The Morgan fingerprint density at radius 3 is 2.10 bits per heavy atom. The lowest BCUT2D eigenvalue weighted by Gasteiger charge is -2.16. The molecule has 0 fully saturated rings. The smallest absolute Gasteiger partial charge is 0.0621 e. The Hall–Kier alpha value is -1.02. The molecule has 0 saturated heterocycles. The minimum absolute atomic E-state index is 0.428. The monoisotopic (exact) mass is 322 g/mol. The zero-order chi connectivity index (χ0) is 15.6. The number of hydrogen-bond acceptors (Lipinski definition) is 1. The van der Waals surface area contributed by atoms with E-state index < -0.39 is 6.10 Å². The average molecular weight is 323 g/mol. The highest BCUT2D eigenvalue weighted by Crippen LogP contribution is 2.24. The topological polar surface area (TPSA) is 20.2 Å². The van der Waals surface area contributed by atoms with Crippen molar-refractivity contribution in [2.24, 2.45) is 0 Å². The first-order valence-corrected chi connectivity index (χ1v) is 7.81. The summed E-state index contributed by atoms with van der Waals surface area (Å²) in [4.78, 5) is 0. The van der Waals surface area contributed by atoms with Gasteiger partial charge in [0.05, 0.1) is 16.1 Å². The maximum atomic E-state index is 10.4. The summed E-state index contributed by atoms with van der Waals surface area (Å²) < 4.78 is 0. The number of aliphatic hydroxyl groups is 1. The number of aliphatic hydroxyl groups excluding tert-OH is 1. The van der Waals surface area contributed by atoms with Crippen molar-refractivity contribution >= 4 is 23.2 Å². The van der Waals surface area contributed by atoms with Crippen LogP contribution in [0.25, 0.3) is 0 Å². The Kier molecular flexibility index (Phi) is 5.32. The quantitative estimate of drug-likeness (QED) is 0.833. The van der Waals surface area contributed by atoms with Gasteiger partial charge in [0.25, 0.3) is 0 Å². The van der Waals surface area contributed by atoms with Crippen LogP contribution < -0.4 is 0 Å². The first kappa shape index (κ1) is 16.4. The number of benzene rings is 2. The second kappa shape index (κ2) is 6.83. The number of rotatable bonds is 4. The molecule has 0 saturated carbocycles. The van der Waals surface area contributed by atoms with Crippen molar-refractivity contribution in [3.8, 4) is 0 Å². The molecular weight excluding hydrogens is 303 g/mol. The molecule has 0 bridgehead atoms. The first-order chi connectivity index (χ1) is 9.86. The minimum atomic E-state index is -0.428. The molecule has 0 aliphatic carbocycles. The summed E-state index contributed by atoms with van der Waals surface area (Å²) in [7, 11) is 0. The van der Waals surface area contributed by atoms with Crippen LogP contribution in [0.15, 0.2) is 30.3 Å². The van der Waals surface area contributed by atoms with E-state index in [4.69, 9.17) is 23.2 Å². The third kappa shape index (κ3) is 4.23. The molecule has 0 amide bonds. The molecule has 1 nitrogen and oxygen atoms in total. The van der Waals surface area contributed by atoms with E-state index in [2.05, 4.69) is 32.9 Å². The second-order valence-corrected chi connectivity index (χ2v) is 6.50. The zero-order valence-electron chi connectivity index (χ0n) is 12.6. The Morgan fingerprint density at radius 1 is 0.905 bits per heavy atom. The van der Waals surface area contributed by atoms with Crippen molar-refractivity contribution in [2.75, 3.05) is 0 Å². The van der Waals surface area contributed by atoms with Crippen molar-refractivity contribution in [3.05, 3.63) is 68.2 Å². The maximum Gasteiger partial charge on any atom is 0.0621 e. The van der Waals surface area contributed by atoms with Crippen molar-refractivity contribution in [1.29, 1.82) is 0 Å². The minimum Gasteiger partial charge on any atom is -0.392 e. The van der Waals surface area contributed by atoms with Crippen LogP contribution in [0.1, 0.15) is 27.8 Å². The van der Waals surface area contributed by atoms with Gasteiger partial charge in [-0.15, -0.1) is 0 Å². The van der Waals surface area contributed by atoms with Gasteiger partial charge in [-0.25, -0.2) is 0 Å². The standard InChI is InChI=1S/C18H20Cl2O/c1-11-6-12(2)16(13(3)7-11)10-15(21)8-14-4-5-17(19)18(20)9-14/h4-7,9,15,21H,8,10H2,1-3H3. The molecule has 1 N–H and O–H groups in total. The molecule has 0 spiro atoms. The zero-order valence-corrected chi connectivity index (χ0v) is 14.1. The van der Waals surface area contributed by atoms with Crippen LogP contribution in [0.5, 0.6) is 0 Å². The lowest BCUT2D eigenvalue weighted by Crippen LogP contribution is -2.15. The van der Waals surface area contributed by atoms with Crippen molar-refractivity contribution < 1.29 is 5.11 Å². The van der Waals surface area contributed by atoms with Gasteiger partial charge < -0.3 is 5.11 Å². The highest BCUT2D eigenvalue weighted by molar-refractivity contribution is 6.42. The highest BCUT2D eigenvalue weighted by Gasteiger charge is 2.12. The Labute approximate surface area is 136 Å². The van der Waals surface area contributed by atoms with E-state index in [0.29, 0.717) is 22.9 Å². The molecule has 1 atom stereocenters. The fraction of sp³-hybridized carbons (Fsp3) is 0.333. The van der Waals surface area contributed by atoms with E-state index in [1.807, 2.05) is 12.1 Å². The van der Waals surface area contributed by atoms with E-state index in [1.165, 1.54) is 22.3 Å². The molecule has 0 aliphatic rings. The van der Waals surface area contributed by atoms with Gasteiger partial charge in [-0.05, 0) is 68.0 Å². The summed E-state index contributed by atoms with van der Waals surface area (Å²) in [6.07, 6.45) is 0.796. The van der Waals surface area contributed by atoms with Crippen LogP contribution in [0.3, 0.4) is 0 Å². The summed E-state index contributed by atoms with van der Waals surface area (Å²) in [6, 6.07) is 9.82. The lowest BCUT2D eigenvalue weighted by molar-refractivity contribution is 0.175. The molecule has 1 unspecified atom stereocenters. The predicted octanol–water partition coefficient (Wildman–Crippen LogP) is 5.06. The van der Waals surface area contributed by atoms with E-state index >= 15 is 0 Å². The summed E-state index contributed by atoms with van der Waals surface area (Å²) in [5, 5.41) is 11.4. The number of aryl methyl sites for hydroxylation is 3. The van der Waals surface area contributed by atoms with E-state index in [0.717, 1.165) is 5.56 Å². The van der Waals surface area contributed by atoms with Crippen LogP contribution in [0, 0.1) is 20.8 Å². The van der Waals surface area contributed by atoms with Gasteiger partial charge in [-0.1, -0.05) is 47.0 Å². The van der Waals surface area contributed by atoms with E-state index in [9.17, 15) is 5.11 Å². The van der Waals surface area contributed by atoms with Gasteiger partial charge in [0.1, 0.15) is 0 Å². The third-order valence-corrected chi connectivity index (χ3v) is 4.47. The fourth-order valence-electron chi connectivity index (χ4n) is 2.78. The van der Waals surface area contributed by atoms with Crippen LogP contribution >= 0.6 is 23.2 Å². The van der Waals surface area contributed by atoms with Crippen molar-refractivity contribution in [2.45, 2.75) is 39.7 Å². The number of hydrogen-bond donors (Lipinski definition) is 1. The third-order valence-electron chi connectivity index (χ3n) is 3.74. The molecular formula is C18H20Cl2O. The number of halogens is 2. The lowest BCUT2D eigenvalue weighted by atomic mass is 9.93. The molecule has 0 heterocycles. The van der Waals surface area contributed by atoms with Gasteiger partial charge in [-0.2, -0.15) is 0 Å². The van der Waals surface area contributed by atoms with Crippen molar-refractivity contribution in [1.82, 2.24) is 0 Å². The van der Waals surface area contributed by atoms with Gasteiger partial charge in [-0.3, -0.25) is 0 Å². The van der Waals surface area contributed by atoms with Crippen LogP contribution in [0.4, 0.5) is 0 Å². The molecule has 21 heavy (non-hydrogen) atoms. The van der Waals surface area contributed by atoms with Crippen LogP contribution in [0.2, 0.25) is 10.0 Å². The van der Waals surface area contributed by atoms with Gasteiger partial charge >= 0.3 is 0 Å². The summed E-state index contributed by atoms with van der Waals surface area (Å²) >= 11 is 11.9. The van der Waals surface area contributed by atoms with Gasteiger partial charge in [0.15, 0.2) is 0 Å². The molecule has 112 valence electrons. The van der Waals surface area contributed by atoms with Gasteiger partial charge in [0.2, 0.25) is 0 Å². The highest BCUT2D eigenvalue weighted by atomic mass is 35.5. The largest absolute Gasteiger partial charge is 0.392 e. The van der Waals surface area contributed by atoms with Crippen LogP contribution in [-0.4, -0.2) is 11.2 Å². The summed E-state index contributed by atoms with van der Waals surface area (Å²) in [5.74, 6) is 0. The Bertz CT molecular complexity index is 627. The average Bonchev–Trinajstić information content (AvgIpc) is 2.38. The Morgan fingerprint density at radius 2 is 1.52 bits per heavy atom. The van der Waals surface area contributed by atoms with E-state index in [-0.39, 0.29) is 0 Å². The molecule has 0 aliphatic heterocycles. The van der Waals surface area contributed by atoms with E-state index in [1.54, 1.807) is 6.07 Å². The molecule has 2 aromatic rings. The summed E-state index contributed by atoms with van der Waals surface area (Å²) in [6.45, 7) is 6.29. The normalized spacial score (nSPS) is 12.5. The SMILES string of the molecule is Cc1cc(C)c(CC(O)Cc2ccc(Cl)c(Cl)c2)c(C)c1. The summed E-state index contributed by atoms with van der Waals surface area (Å²) in [5.41, 5.74) is 5.96. The van der Waals surface area contributed by atoms with Gasteiger partial charge in [0, 0.05) is 0 Å². The molecule has 0 radical (unpaired) electrons. The fourth-order valence-corrected chi connectivity index (χ4v) is 3.10. The van der Waals surface area contributed by atoms with Crippen molar-refractivity contribution in [3.63, 3.8) is 0 Å². The van der Waals surface area contributed by atoms with Crippen LogP contribution in [-0.2, 0) is 12.8 Å². The second-order valence-electron chi connectivity index (χ2n) is 5.69. The first-order valence-electron chi connectivity index (χ1n) is 7.05. The molecule has 0 aromatic heterocycles. The molecule has 3 heteroatoms.